The molecule has 0 spiro atoms. The fourth-order valence-corrected chi connectivity index (χ4v) is 4.41. The van der Waals surface area contributed by atoms with Gasteiger partial charge in [0.15, 0.2) is 9.84 Å². The molecular weight excluding hydrogens is 336 g/mol. The molecule has 1 amide bonds. The second-order valence-electron chi connectivity index (χ2n) is 6.23. The second-order valence-corrected chi connectivity index (χ2v) is 8.22. The summed E-state index contributed by atoms with van der Waals surface area (Å²) < 4.78 is 25.3. The highest BCUT2D eigenvalue weighted by molar-refractivity contribution is 7.90. The normalized spacial score (nSPS) is 15.7. The number of carbonyl (C=O) groups excluding carboxylic acids is 1. The topological polar surface area (TPSA) is 75.3 Å². The SMILES string of the molecule is O=C(NC1CCNCC1)c1ccccc1CS(=O)(=O)c1ccccc1. The molecule has 5 nitrogen and oxygen atoms in total. The summed E-state index contributed by atoms with van der Waals surface area (Å²) in [5.41, 5.74) is 0.957. The first kappa shape index (κ1) is 17.6. The van der Waals surface area contributed by atoms with E-state index in [4.69, 9.17) is 0 Å². The average Bonchev–Trinajstić information content (AvgIpc) is 2.63. The highest BCUT2D eigenvalue weighted by atomic mass is 32.2. The van der Waals surface area contributed by atoms with E-state index >= 15 is 0 Å². The average molecular weight is 358 g/mol. The molecule has 2 aromatic carbocycles. The molecule has 6 heteroatoms. The van der Waals surface area contributed by atoms with Gasteiger partial charge < -0.3 is 10.6 Å². The van der Waals surface area contributed by atoms with Crippen molar-refractivity contribution in [3.05, 3.63) is 65.7 Å². The maximum atomic E-state index is 12.6. The Hall–Kier alpha value is -2.18. The minimum Gasteiger partial charge on any atom is -0.349 e. The molecule has 25 heavy (non-hydrogen) atoms. The van der Waals surface area contributed by atoms with Crippen LogP contribution in [0.2, 0.25) is 0 Å². The zero-order valence-corrected chi connectivity index (χ0v) is 14.8. The number of hydrogen-bond donors (Lipinski definition) is 2. The molecule has 0 bridgehead atoms. The van der Waals surface area contributed by atoms with Crippen LogP contribution in [0.15, 0.2) is 59.5 Å². The molecule has 1 aliphatic heterocycles. The van der Waals surface area contributed by atoms with Gasteiger partial charge in [-0.1, -0.05) is 36.4 Å². The van der Waals surface area contributed by atoms with E-state index in [-0.39, 0.29) is 22.6 Å². The van der Waals surface area contributed by atoms with Gasteiger partial charge >= 0.3 is 0 Å². The Kier molecular flexibility index (Phi) is 5.50. The zero-order valence-electron chi connectivity index (χ0n) is 13.9. The van der Waals surface area contributed by atoms with Crippen molar-refractivity contribution in [2.24, 2.45) is 0 Å². The Labute approximate surface area is 148 Å². The molecule has 0 unspecified atom stereocenters. The van der Waals surface area contributed by atoms with Gasteiger partial charge in [0.1, 0.15) is 0 Å². The fraction of sp³-hybridized carbons (Fsp3) is 0.316. The number of benzene rings is 2. The van der Waals surface area contributed by atoms with Gasteiger partial charge in [-0.15, -0.1) is 0 Å². The molecule has 132 valence electrons. The molecule has 3 rings (SSSR count). The molecule has 0 radical (unpaired) electrons. The van der Waals surface area contributed by atoms with Crippen molar-refractivity contribution in [2.45, 2.75) is 29.5 Å². The van der Waals surface area contributed by atoms with Gasteiger partial charge in [-0.2, -0.15) is 0 Å². The third-order valence-electron chi connectivity index (χ3n) is 4.38. The van der Waals surface area contributed by atoms with Gasteiger partial charge in [-0.25, -0.2) is 8.42 Å². The second kappa shape index (κ2) is 7.80. The number of nitrogens with one attached hydrogen (secondary N) is 2. The summed E-state index contributed by atoms with van der Waals surface area (Å²) >= 11 is 0. The lowest BCUT2D eigenvalue weighted by atomic mass is 10.0. The van der Waals surface area contributed by atoms with Gasteiger partial charge in [0, 0.05) is 11.6 Å². The number of piperidine rings is 1. The summed E-state index contributed by atoms with van der Waals surface area (Å²) in [6.45, 7) is 1.77. The fourth-order valence-electron chi connectivity index (χ4n) is 3.01. The summed E-state index contributed by atoms with van der Waals surface area (Å²) in [6, 6.07) is 15.4. The van der Waals surface area contributed by atoms with Crippen molar-refractivity contribution >= 4 is 15.7 Å². The third kappa shape index (κ3) is 4.46. The van der Waals surface area contributed by atoms with Crippen LogP contribution in [0.3, 0.4) is 0 Å². The minimum absolute atomic E-state index is 0.132. The van der Waals surface area contributed by atoms with Gasteiger partial charge in [0.25, 0.3) is 5.91 Å². The van der Waals surface area contributed by atoms with Crippen LogP contribution in [0.4, 0.5) is 0 Å². The number of rotatable bonds is 5. The van der Waals surface area contributed by atoms with Crippen molar-refractivity contribution in [1.82, 2.24) is 10.6 Å². The van der Waals surface area contributed by atoms with E-state index in [0.717, 1.165) is 25.9 Å². The monoisotopic (exact) mass is 358 g/mol. The quantitative estimate of drug-likeness (QED) is 0.859. The first-order chi connectivity index (χ1) is 12.1. The number of carbonyl (C=O) groups is 1. The summed E-state index contributed by atoms with van der Waals surface area (Å²) in [5, 5.41) is 6.29. The summed E-state index contributed by atoms with van der Waals surface area (Å²) in [7, 11) is -3.49. The van der Waals surface area contributed by atoms with Crippen LogP contribution in [-0.4, -0.2) is 33.5 Å². The number of amides is 1. The lowest BCUT2D eigenvalue weighted by Gasteiger charge is -2.24. The Morgan fingerprint density at radius 1 is 1.00 bits per heavy atom. The van der Waals surface area contributed by atoms with Crippen LogP contribution in [0.5, 0.6) is 0 Å². The predicted molar refractivity (Wildman–Crippen MR) is 97.1 cm³/mol. The third-order valence-corrected chi connectivity index (χ3v) is 6.07. The zero-order chi connectivity index (χ0) is 17.7. The maximum Gasteiger partial charge on any atom is 0.251 e. The van der Waals surface area contributed by atoms with Gasteiger partial charge in [-0.05, 0) is 49.7 Å². The standard InChI is InChI=1S/C19H22N2O3S/c22-19(21-16-10-12-20-13-11-16)18-9-5-4-6-15(18)14-25(23,24)17-7-2-1-3-8-17/h1-9,16,20H,10-14H2,(H,21,22). The van der Waals surface area contributed by atoms with Crippen molar-refractivity contribution in [3.63, 3.8) is 0 Å². The van der Waals surface area contributed by atoms with E-state index in [0.29, 0.717) is 11.1 Å². The first-order valence-electron chi connectivity index (χ1n) is 8.43. The van der Waals surface area contributed by atoms with E-state index in [9.17, 15) is 13.2 Å². The number of sulfone groups is 1. The molecule has 0 atom stereocenters. The Balaban J connectivity index is 1.80. The molecule has 0 saturated carbocycles. The molecule has 2 aromatic rings. The Morgan fingerprint density at radius 2 is 1.64 bits per heavy atom. The van der Waals surface area contributed by atoms with Crippen LogP contribution < -0.4 is 10.6 Å². The van der Waals surface area contributed by atoms with E-state index in [1.807, 2.05) is 0 Å². The predicted octanol–water partition coefficient (Wildman–Crippen LogP) is 2.14. The Morgan fingerprint density at radius 3 is 2.36 bits per heavy atom. The largest absolute Gasteiger partial charge is 0.349 e. The van der Waals surface area contributed by atoms with Crippen molar-refractivity contribution in [2.75, 3.05) is 13.1 Å². The highest BCUT2D eigenvalue weighted by Crippen LogP contribution is 2.19. The smallest absolute Gasteiger partial charge is 0.251 e. The van der Waals surface area contributed by atoms with Crippen LogP contribution >= 0.6 is 0 Å². The lowest BCUT2D eigenvalue weighted by molar-refractivity contribution is 0.0929. The van der Waals surface area contributed by atoms with E-state index < -0.39 is 9.84 Å². The highest BCUT2D eigenvalue weighted by Gasteiger charge is 2.21. The summed E-state index contributed by atoms with van der Waals surface area (Å²) in [5.74, 6) is -0.391. The maximum absolute atomic E-state index is 12.6. The number of hydrogen-bond acceptors (Lipinski definition) is 4. The van der Waals surface area contributed by atoms with Crippen molar-refractivity contribution in [3.8, 4) is 0 Å². The molecule has 1 aliphatic rings. The molecule has 0 aromatic heterocycles. The molecule has 1 fully saturated rings. The molecular formula is C19H22N2O3S. The minimum atomic E-state index is -3.49. The van der Waals surface area contributed by atoms with Crippen molar-refractivity contribution in [1.29, 1.82) is 0 Å². The van der Waals surface area contributed by atoms with Crippen LogP contribution in [-0.2, 0) is 15.6 Å². The summed E-state index contributed by atoms with van der Waals surface area (Å²) in [6.07, 6.45) is 1.77. The molecule has 0 aliphatic carbocycles. The lowest BCUT2D eigenvalue weighted by Crippen LogP contribution is -2.43. The van der Waals surface area contributed by atoms with Crippen LogP contribution in [0.25, 0.3) is 0 Å². The van der Waals surface area contributed by atoms with E-state index in [1.165, 1.54) is 0 Å². The van der Waals surface area contributed by atoms with E-state index in [1.54, 1.807) is 54.6 Å². The van der Waals surface area contributed by atoms with Crippen LogP contribution in [0.1, 0.15) is 28.8 Å². The Bertz CT molecular complexity index is 829. The van der Waals surface area contributed by atoms with E-state index in [2.05, 4.69) is 10.6 Å². The first-order valence-corrected chi connectivity index (χ1v) is 10.1. The molecule has 2 N–H and O–H groups in total. The molecule has 1 heterocycles. The molecule has 1 saturated heterocycles. The summed E-state index contributed by atoms with van der Waals surface area (Å²) in [4.78, 5) is 12.9. The van der Waals surface area contributed by atoms with Gasteiger partial charge in [0.05, 0.1) is 10.6 Å². The van der Waals surface area contributed by atoms with Crippen LogP contribution in [0, 0.1) is 0 Å². The van der Waals surface area contributed by atoms with Gasteiger partial charge in [0.2, 0.25) is 0 Å². The van der Waals surface area contributed by atoms with Crippen molar-refractivity contribution < 1.29 is 13.2 Å². The van der Waals surface area contributed by atoms with Gasteiger partial charge in [-0.3, -0.25) is 4.79 Å².